The van der Waals surface area contributed by atoms with E-state index in [1.807, 2.05) is 30.3 Å². The molecule has 0 heterocycles. The van der Waals surface area contributed by atoms with Crippen molar-refractivity contribution in [2.24, 2.45) is 5.73 Å². The maximum absolute atomic E-state index is 12.7. The number of carbonyl (C=O) groups is 2. The van der Waals surface area contributed by atoms with Crippen LogP contribution in [0.15, 0.2) is 60.4 Å². The van der Waals surface area contributed by atoms with Crippen LogP contribution in [0.25, 0.3) is 5.32 Å². The van der Waals surface area contributed by atoms with Crippen molar-refractivity contribution in [1.29, 1.82) is 5.26 Å². The van der Waals surface area contributed by atoms with E-state index in [1.54, 1.807) is 36.2 Å². The van der Waals surface area contributed by atoms with Gasteiger partial charge in [-0.2, -0.15) is 5.26 Å². The maximum atomic E-state index is 12.7. The molecule has 2 aromatic rings. The second-order valence-electron chi connectivity index (χ2n) is 8.60. The molecule has 0 aromatic heterocycles. The Balaban J connectivity index is -0.00000165. The van der Waals surface area contributed by atoms with Crippen molar-refractivity contribution in [3.63, 3.8) is 0 Å². The second-order valence-corrected chi connectivity index (χ2v) is 8.60. The number of unbranched alkanes of at least 4 members (excludes halogenated alkanes) is 2. The van der Waals surface area contributed by atoms with Crippen LogP contribution >= 0.6 is 0 Å². The summed E-state index contributed by atoms with van der Waals surface area (Å²) in [5, 5.41) is 32.0. The zero-order valence-electron chi connectivity index (χ0n) is 24.5. The van der Waals surface area contributed by atoms with Crippen LogP contribution in [0.4, 0.5) is 0 Å². The summed E-state index contributed by atoms with van der Waals surface area (Å²) in [4.78, 5) is 22.9. The topological polar surface area (TPSA) is 151 Å². The van der Waals surface area contributed by atoms with Crippen molar-refractivity contribution < 1.29 is 75.9 Å². The van der Waals surface area contributed by atoms with Gasteiger partial charge in [-0.3, -0.25) is 9.59 Å². The number of ether oxygens (including phenoxy) is 1. The van der Waals surface area contributed by atoms with Gasteiger partial charge in [-0.05, 0) is 42.3 Å². The summed E-state index contributed by atoms with van der Waals surface area (Å²) in [6.07, 6.45) is 5.54. The molecule has 0 aliphatic carbocycles. The molecule has 0 fully saturated rings. The summed E-state index contributed by atoms with van der Waals surface area (Å²) >= 11 is 0. The Labute approximate surface area is 289 Å². The molecule has 2 amide bonds. The predicted octanol–water partition coefficient (Wildman–Crippen LogP) is 2.23. The number of nitriles is 1. The van der Waals surface area contributed by atoms with Crippen molar-refractivity contribution >= 4 is 12.3 Å². The zero-order valence-corrected chi connectivity index (χ0v) is 27.7. The van der Waals surface area contributed by atoms with Gasteiger partial charge in [0.1, 0.15) is 5.75 Å². The number of carbonyl (C=O) groups excluding carboxylic acids is 2. The van der Waals surface area contributed by atoms with Crippen LogP contribution in [0, 0.1) is 11.3 Å². The smallest absolute Gasteiger partial charge is 0.656 e. The largest absolute Gasteiger partial charge is 1.00 e. The summed E-state index contributed by atoms with van der Waals surface area (Å²) in [7, 11) is 1.71. The number of benzene rings is 2. The molecule has 1 atom stereocenters. The van der Waals surface area contributed by atoms with Crippen molar-refractivity contribution in [2.45, 2.75) is 66.5 Å². The SMILES string of the molecule is C.CCC.C[C@H]([N-]CCCCCN(C)C(=O)/C(=C\CO)Oc1ccc(C#N)cc1)c1ccc(CO)cc1.NC=O.[K+]. The molecule has 0 radical (unpaired) electrons. The minimum absolute atomic E-state index is 0. The van der Waals surface area contributed by atoms with E-state index >= 15 is 0 Å². The Morgan fingerprint density at radius 3 is 2.15 bits per heavy atom. The van der Waals surface area contributed by atoms with Crippen LogP contribution in [0.1, 0.15) is 76.6 Å². The Morgan fingerprint density at radius 1 is 1.10 bits per heavy atom. The van der Waals surface area contributed by atoms with Gasteiger partial charge < -0.3 is 30.9 Å². The molecule has 2 rings (SSSR count). The summed E-state index contributed by atoms with van der Waals surface area (Å²) in [6.45, 7) is 7.35. The van der Waals surface area contributed by atoms with Crippen molar-refractivity contribution in [2.75, 3.05) is 26.7 Å². The first kappa shape index (κ1) is 43.4. The third-order valence-electron chi connectivity index (χ3n) is 5.24. The molecule has 0 aliphatic rings. The summed E-state index contributed by atoms with van der Waals surface area (Å²) in [5.41, 5.74) is 6.69. The average molecular weight is 595 g/mol. The van der Waals surface area contributed by atoms with E-state index < -0.39 is 0 Å². The summed E-state index contributed by atoms with van der Waals surface area (Å²) in [6, 6.07) is 16.4. The van der Waals surface area contributed by atoms with Crippen LogP contribution in [0.2, 0.25) is 0 Å². The van der Waals surface area contributed by atoms with E-state index in [-0.39, 0.29) is 96.1 Å². The number of rotatable bonds is 13. The van der Waals surface area contributed by atoms with E-state index in [0.717, 1.165) is 36.9 Å². The summed E-state index contributed by atoms with van der Waals surface area (Å²) in [5.74, 6) is 0.177. The van der Waals surface area contributed by atoms with E-state index in [1.165, 1.54) is 12.5 Å². The first-order chi connectivity index (χ1) is 18.8. The number of amides is 2. The van der Waals surface area contributed by atoms with Crippen LogP contribution in [-0.2, 0) is 16.2 Å². The molecule has 0 spiro atoms. The van der Waals surface area contributed by atoms with Gasteiger partial charge in [-0.25, -0.2) is 0 Å². The molecular weight excluding hydrogens is 547 g/mol. The number of hydrogen-bond donors (Lipinski definition) is 3. The normalized spacial score (nSPS) is 10.5. The quantitative estimate of drug-likeness (QED) is 0.106. The fraction of sp³-hybridized carbons (Fsp3) is 0.452. The van der Waals surface area contributed by atoms with E-state index in [9.17, 15) is 9.90 Å². The van der Waals surface area contributed by atoms with Crippen molar-refractivity contribution in [1.82, 2.24) is 4.90 Å². The van der Waals surface area contributed by atoms with E-state index in [2.05, 4.69) is 26.5 Å². The van der Waals surface area contributed by atoms with Crippen molar-refractivity contribution in [3.05, 3.63) is 82.4 Å². The third kappa shape index (κ3) is 19.6. The Bertz CT molecular complexity index is 1010. The monoisotopic (exact) mass is 594 g/mol. The Morgan fingerprint density at radius 2 is 1.66 bits per heavy atom. The van der Waals surface area contributed by atoms with Gasteiger partial charge >= 0.3 is 51.4 Å². The van der Waals surface area contributed by atoms with E-state index in [4.69, 9.17) is 25.2 Å². The van der Waals surface area contributed by atoms with Gasteiger partial charge in [0.15, 0.2) is 5.76 Å². The first-order valence-corrected chi connectivity index (χ1v) is 13.1. The number of nitrogens with two attached hydrogens (primary N) is 1. The summed E-state index contributed by atoms with van der Waals surface area (Å²) < 4.78 is 5.64. The van der Waals surface area contributed by atoms with Crippen molar-refractivity contribution in [3.8, 4) is 11.8 Å². The molecule has 222 valence electrons. The Kier molecular flexibility index (Phi) is 29.7. The molecule has 2 aromatic carbocycles. The molecule has 0 bridgehead atoms. The number of hydrogen-bond acceptors (Lipinski definition) is 6. The minimum Gasteiger partial charge on any atom is -0.656 e. The van der Waals surface area contributed by atoms with Crippen LogP contribution in [-0.4, -0.2) is 54.2 Å². The predicted molar refractivity (Wildman–Crippen MR) is 160 cm³/mol. The molecule has 4 N–H and O–H groups in total. The third-order valence-corrected chi connectivity index (χ3v) is 5.24. The number of likely N-dealkylation sites (N-methyl/N-ethyl adjacent to an activating group) is 1. The maximum Gasteiger partial charge on any atom is 1.00 e. The van der Waals surface area contributed by atoms with Crippen LogP contribution in [0.3, 0.4) is 0 Å². The molecular formula is C31H47KN4O5. The fourth-order valence-corrected chi connectivity index (χ4v) is 3.20. The molecule has 41 heavy (non-hydrogen) atoms. The standard InChI is InChI=1S/C26H32N3O4.C3H8.CH3NO.CH4.K/c1-20(23-10-6-22(19-31)7-11-23)28-15-4-3-5-16-29(2)26(32)25(14-17-30)33-24-12-8-21(18-27)9-13-24;1-3-2;2-1-3;;/h6-14,20,30-31H,3-5,15-17,19H2,1-2H3;3H2,1-2H3;1H,(H2,2,3);1H4;/q-1;;;;+1/b25-14+;;;;/t20-;;;;/m0..../s1. The molecule has 0 aliphatic heterocycles. The average Bonchev–Trinajstić information content (AvgIpc) is 2.95. The van der Waals surface area contributed by atoms with Crippen LogP contribution < -0.4 is 61.9 Å². The van der Waals surface area contributed by atoms with Gasteiger partial charge in [0.05, 0.1) is 24.8 Å². The molecule has 0 saturated heterocycles. The Hall–Kier alpha value is -2.07. The van der Waals surface area contributed by atoms with E-state index in [0.29, 0.717) is 17.9 Å². The van der Waals surface area contributed by atoms with Crippen LogP contribution in [0.5, 0.6) is 5.75 Å². The van der Waals surface area contributed by atoms with Gasteiger partial charge in [-0.15, -0.1) is 12.6 Å². The van der Waals surface area contributed by atoms with Gasteiger partial charge in [0.25, 0.3) is 5.91 Å². The number of primary amides is 1. The minimum atomic E-state index is -0.312. The number of aliphatic hydroxyl groups excluding tert-OH is 2. The van der Waals surface area contributed by atoms with Gasteiger partial charge in [0, 0.05) is 13.6 Å². The first-order valence-electron chi connectivity index (χ1n) is 13.1. The number of aliphatic hydroxyl groups is 2. The zero-order chi connectivity index (χ0) is 29.5. The van der Waals surface area contributed by atoms with Gasteiger partial charge in [0.2, 0.25) is 6.41 Å². The molecule has 9 nitrogen and oxygen atoms in total. The molecule has 0 unspecified atom stereocenters. The fourth-order valence-electron chi connectivity index (χ4n) is 3.20. The molecule has 0 saturated carbocycles. The number of nitrogens with zero attached hydrogens (tertiary/aromatic N) is 3. The second kappa shape index (κ2) is 28.1. The molecule has 10 heteroatoms. The van der Waals surface area contributed by atoms with Gasteiger partial charge in [-0.1, -0.05) is 77.3 Å².